The summed E-state index contributed by atoms with van der Waals surface area (Å²) in [4.78, 5) is 12.3. The van der Waals surface area contributed by atoms with Gasteiger partial charge in [-0.1, -0.05) is 24.3 Å². The Bertz CT molecular complexity index is 677. The molecule has 1 aromatic rings. The SMILES string of the molecule is C=CCCC1CCC(OC(=O)CCc2ccc(OC3CCC(CC=C)CC3)cc2)CC1. The van der Waals surface area contributed by atoms with Crippen LogP contribution in [0.2, 0.25) is 0 Å². The number of carbonyl (C=O) groups is 1. The molecule has 0 aromatic heterocycles. The maximum Gasteiger partial charge on any atom is 0.306 e. The minimum Gasteiger partial charge on any atom is -0.490 e. The van der Waals surface area contributed by atoms with E-state index in [1.54, 1.807) is 0 Å². The van der Waals surface area contributed by atoms with Crippen LogP contribution in [0.5, 0.6) is 5.75 Å². The first-order chi connectivity index (χ1) is 15.2. The van der Waals surface area contributed by atoms with Gasteiger partial charge in [-0.25, -0.2) is 0 Å². The molecule has 0 aliphatic heterocycles. The van der Waals surface area contributed by atoms with Gasteiger partial charge in [0.1, 0.15) is 11.9 Å². The van der Waals surface area contributed by atoms with E-state index in [-0.39, 0.29) is 12.1 Å². The molecule has 1 aromatic carbocycles. The van der Waals surface area contributed by atoms with Crippen molar-refractivity contribution in [1.82, 2.24) is 0 Å². The number of benzene rings is 1. The van der Waals surface area contributed by atoms with Crippen molar-refractivity contribution >= 4 is 5.97 Å². The van der Waals surface area contributed by atoms with Crippen LogP contribution in [-0.4, -0.2) is 18.2 Å². The molecule has 2 aliphatic carbocycles. The molecule has 2 saturated carbocycles. The van der Waals surface area contributed by atoms with Crippen LogP contribution < -0.4 is 4.74 Å². The van der Waals surface area contributed by atoms with Gasteiger partial charge in [-0.05, 0) is 107 Å². The maximum absolute atomic E-state index is 12.3. The Kier molecular flexibility index (Phi) is 9.71. The second kappa shape index (κ2) is 12.7. The molecule has 0 amide bonds. The summed E-state index contributed by atoms with van der Waals surface area (Å²) >= 11 is 0. The molecule has 0 atom stereocenters. The topological polar surface area (TPSA) is 35.5 Å². The smallest absolute Gasteiger partial charge is 0.306 e. The number of esters is 1. The Balaban J connectivity index is 1.32. The summed E-state index contributed by atoms with van der Waals surface area (Å²) in [6.07, 6.45) is 18.2. The van der Waals surface area contributed by atoms with Gasteiger partial charge >= 0.3 is 5.97 Å². The summed E-state index contributed by atoms with van der Waals surface area (Å²) in [5, 5.41) is 0. The molecule has 0 N–H and O–H groups in total. The van der Waals surface area contributed by atoms with E-state index in [0.717, 1.165) is 68.1 Å². The van der Waals surface area contributed by atoms with Gasteiger partial charge in [0, 0.05) is 6.42 Å². The molecule has 0 saturated heterocycles. The molecule has 2 aliphatic rings. The quantitative estimate of drug-likeness (QED) is 0.278. The Morgan fingerprint density at radius 2 is 1.52 bits per heavy atom. The molecule has 3 rings (SSSR count). The second-order valence-electron chi connectivity index (χ2n) is 9.43. The third-order valence-electron chi connectivity index (χ3n) is 7.01. The minimum absolute atomic E-state index is 0.0637. The summed E-state index contributed by atoms with van der Waals surface area (Å²) in [7, 11) is 0. The van der Waals surface area contributed by atoms with E-state index in [4.69, 9.17) is 9.47 Å². The highest BCUT2D eigenvalue weighted by Crippen LogP contribution is 2.31. The summed E-state index contributed by atoms with van der Waals surface area (Å²) in [5.74, 6) is 2.43. The molecular weight excluding hydrogens is 384 g/mol. The van der Waals surface area contributed by atoms with Crippen molar-refractivity contribution in [2.75, 3.05) is 0 Å². The Morgan fingerprint density at radius 1 is 0.871 bits per heavy atom. The molecule has 31 heavy (non-hydrogen) atoms. The number of carbonyl (C=O) groups excluding carboxylic acids is 1. The third-order valence-corrected chi connectivity index (χ3v) is 7.01. The van der Waals surface area contributed by atoms with Gasteiger partial charge in [-0.3, -0.25) is 4.79 Å². The molecule has 170 valence electrons. The van der Waals surface area contributed by atoms with E-state index in [1.165, 1.54) is 32.1 Å². The van der Waals surface area contributed by atoms with Gasteiger partial charge in [0.25, 0.3) is 0 Å². The first-order valence-corrected chi connectivity index (χ1v) is 12.3. The third kappa shape index (κ3) is 8.20. The fourth-order valence-electron chi connectivity index (χ4n) is 5.03. The van der Waals surface area contributed by atoms with Gasteiger partial charge in [-0.2, -0.15) is 0 Å². The van der Waals surface area contributed by atoms with Crippen LogP contribution in [0.25, 0.3) is 0 Å². The average molecular weight is 425 g/mol. The molecule has 0 spiro atoms. The fraction of sp³-hybridized carbons (Fsp3) is 0.607. The van der Waals surface area contributed by atoms with Gasteiger partial charge in [0.05, 0.1) is 6.10 Å². The number of allylic oxidation sites excluding steroid dienone is 2. The molecule has 2 fully saturated rings. The highest BCUT2D eigenvalue weighted by atomic mass is 16.5. The highest BCUT2D eigenvalue weighted by molar-refractivity contribution is 5.70. The summed E-state index contributed by atoms with van der Waals surface area (Å²) in [6.45, 7) is 7.66. The van der Waals surface area contributed by atoms with Crippen molar-refractivity contribution < 1.29 is 14.3 Å². The molecule has 0 unspecified atom stereocenters. The average Bonchev–Trinajstić information content (AvgIpc) is 2.80. The van der Waals surface area contributed by atoms with E-state index in [9.17, 15) is 4.79 Å². The van der Waals surface area contributed by atoms with Crippen molar-refractivity contribution in [1.29, 1.82) is 0 Å². The highest BCUT2D eigenvalue weighted by Gasteiger charge is 2.24. The van der Waals surface area contributed by atoms with Crippen molar-refractivity contribution in [2.45, 2.75) is 95.7 Å². The van der Waals surface area contributed by atoms with E-state index < -0.39 is 0 Å². The molecular formula is C28H40O3. The Morgan fingerprint density at radius 3 is 2.16 bits per heavy atom. The van der Waals surface area contributed by atoms with Crippen molar-refractivity contribution in [3.05, 3.63) is 55.1 Å². The number of hydrogen-bond donors (Lipinski definition) is 0. The van der Waals surface area contributed by atoms with Crippen molar-refractivity contribution in [2.24, 2.45) is 11.8 Å². The normalized spacial score (nSPS) is 26.1. The van der Waals surface area contributed by atoms with Crippen LogP contribution in [0, 0.1) is 11.8 Å². The fourth-order valence-corrected chi connectivity index (χ4v) is 5.03. The summed E-state index contributed by atoms with van der Waals surface area (Å²) in [5.41, 5.74) is 1.16. The van der Waals surface area contributed by atoms with Crippen molar-refractivity contribution in [3.8, 4) is 5.75 Å². The lowest BCUT2D eigenvalue weighted by Gasteiger charge is -2.28. The minimum atomic E-state index is -0.0637. The van der Waals surface area contributed by atoms with Crippen LogP contribution in [-0.2, 0) is 16.0 Å². The largest absolute Gasteiger partial charge is 0.490 e. The maximum atomic E-state index is 12.3. The van der Waals surface area contributed by atoms with E-state index in [2.05, 4.69) is 25.3 Å². The van der Waals surface area contributed by atoms with Crippen LogP contribution in [0.15, 0.2) is 49.6 Å². The lowest BCUT2D eigenvalue weighted by Crippen LogP contribution is -2.24. The monoisotopic (exact) mass is 424 g/mol. The molecule has 0 bridgehead atoms. The van der Waals surface area contributed by atoms with Gasteiger partial charge in [0.2, 0.25) is 0 Å². The van der Waals surface area contributed by atoms with Gasteiger partial charge in [0.15, 0.2) is 0 Å². The Labute approximate surface area is 188 Å². The molecule has 0 radical (unpaired) electrons. The summed E-state index contributed by atoms with van der Waals surface area (Å²) in [6, 6.07) is 8.25. The Hall–Kier alpha value is -2.03. The van der Waals surface area contributed by atoms with Crippen LogP contribution >= 0.6 is 0 Å². The van der Waals surface area contributed by atoms with E-state index in [0.29, 0.717) is 12.5 Å². The first kappa shape index (κ1) is 23.6. The second-order valence-corrected chi connectivity index (χ2v) is 9.43. The number of aryl methyl sites for hydroxylation is 1. The summed E-state index contributed by atoms with van der Waals surface area (Å²) < 4.78 is 11.9. The van der Waals surface area contributed by atoms with Crippen molar-refractivity contribution in [3.63, 3.8) is 0 Å². The molecule has 0 heterocycles. The van der Waals surface area contributed by atoms with Crippen LogP contribution in [0.3, 0.4) is 0 Å². The van der Waals surface area contributed by atoms with E-state index in [1.807, 2.05) is 24.3 Å². The first-order valence-electron chi connectivity index (χ1n) is 12.3. The zero-order valence-electron chi connectivity index (χ0n) is 19.1. The zero-order valence-corrected chi connectivity index (χ0v) is 19.1. The number of rotatable bonds is 11. The predicted octanol–water partition coefficient (Wildman–Crippen LogP) is 7.20. The lowest BCUT2D eigenvalue weighted by molar-refractivity contribution is -0.150. The van der Waals surface area contributed by atoms with Crippen LogP contribution in [0.1, 0.15) is 82.6 Å². The van der Waals surface area contributed by atoms with Gasteiger partial charge < -0.3 is 9.47 Å². The predicted molar refractivity (Wildman–Crippen MR) is 127 cm³/mol. The molecule has 3 nitrogen and oxygen atoms in total. The standard InChI is InChI=1S/C28H40O3/c1-3-5-7-23-10-19-27(20-11-23)31-28(29)21-14-24-12-17-26(18-13-24)30-25-15-8-22(6-4-2)9-16-25/h3-4,12-13,17-18,22-23,25,27H,1-2,5-11,14-16,19-21H2. The zero-order chi connectivity index (χ0) is 21.9. The lowest BCUT2D eigenvalue weighted by atomic mass is 9.84. The van der Waals surface area contributed by atoms with Crippen LogP contribution in [0.4, 0.5) is 0 Å². The number of ether oxygens (including phenoxy) is 2. The molecule has 3 heteroatoms. The number of hydrogen-bond acceptors (Lipinski definition) is 3. The van der Waals surface area contributed by atoms with Gasteiger partial charge in [-0.15, -0.1) is 13.2 Å². The van der Waals surface area contributed by atoms with E-state index >= 15 is 0 Å².